The Labute approximate surface area is 129 Å². The van der Waals surface area contributed by atoms with Gasteiger partial charge in [-0.05, 0) is 18.2 Å². The Morgan fingerprint density at radius 1 is 1.30 bits per heavy atom. The monoisotopic (exact) mass is 358 g/mol. The van der Waals surface area contributed by atoms with Gasteiger partial charge >= 0.3 is 0 Å². The zero-order valence-electron chi connectivity index (χ0n) is 10.5. The zero-order valence-corrected chi connectivity index (χ0v) is 12.8. The quantitative estimate of drug-likeness (QED) is 0.840. The number of likely N-dealkylation sites (tertiary alicyclic amines) is 1. The van der Waals surface area contributed by atoms with Crippen molar-refractivity contribution in [1.82, 2.24) is 4.90 Å². The Bertz CT molecular complexity index is 561. The molecule has 0 saturated carbocycles. The Kier molecular flexibility index (Phi) is 4.77. The topological polar surface area (TPSA) is 66.5 Å². The lowest BCUT2D eigenvalue weighted by Gasteiger charge is -2.13. The van der Waals surface area contributed by atoms with Gasteiger partial charge in [0.05, 0.1) is 10.7 Å². The third kappa shape index (κ3) is 3.58. The van der Waals surface area contributed by atoms with Gasteiger partial charge in [-0.25, -0.2) is 0 Å². The molecule has 0 aromatic heterocycles. The summed E-state index contributed by atoms with van der Waals surface area (Å²) in [6.45, 7) is 0.109. The molecular weight excluding hydrogens is 348 g/mol. The summed E-state index contributed by atoms with van der Waals surface area (Å²) in [5.74, 6) is -0.726. The molecule has 7 heteroatoms. The number of hydrogen-bond donors (Lipinski definition) is 1. The summed E-state index contributed by atoms with van der Waals surface area (Å²) in [5.41, 5.74) is 0.499. The minimum Gasteiger partial charge on any atom is -0.325 e. The largest absolute Gasteiger partial charge is 0.325 e. The number of anilines is 1. The highest BCUT2D eigenvalue weighted by Crippen LogP contribution is 2.25. The van der Waals surface area contributed by atoms with Gasteiger partial charge in [0.15, 0.2) is 0 Å². The first-order chi connectivity index (χ1) is 9.47. The lowest BCUT2D eigenvalue weighted by atomic mass is 10.3. The number of amides is 3. The van der Waals surface area contributed by atoms with Crippen molar-refractivity contribution in [3.05, 3.63) is 27.7 Å². The molecule has 1 aliphatic heterocycles. The molecule has 106 valence electrons. The summed E-state index contributed by atoms with van der Waals surface area (Å²) >= 11 is 9.26. The number of hydrogen-bond acceptors (Lipinski definition) is 3. The summed E-state index contributed by atoms with van der Waals surface area (Å²) in [4.78, 5) is 35.7. The number of rotatable bonds is 4. The van der Waals surface area contributed by atoms with Gasteiger partial charge in [-0.2, -0.15) is 0 Å². The maximum atomic E-state index is 11.8. The Balaban J connectivity index is 1.89. The fraction of sp³-hybridized carbons (Fsp3) is 0.308. The first kappa shape index (κ1) is 15.0. The fourth-order valence-electron chi connectivity index (χ4n) is 1.89. The minimum atomic E-state index is -0.290. The van der Waals surface area contributed by atoms with Crippen LogP contribution in [-0.4, -0.2) is 29.2 Å². The molecule has 1 aromatic carbocycles. The lowest BCUT2D eigenvalue weighted by Crippen LogP contribution is -2.32. The van der Waals surface area contributed by atoms with Crippen LogP contribution in [0, 0.1) is 0 Å². The smallest absolute Gasteiger partial charge is 0.229 e. The fourth-order valence-corrected chi connectivity index (χ4v) is 2.61. The second-order valence-electron chi connectivity index (χ2n) is 4.36. The van der Waals surface area contributed by atoms with Crippen molar-refractivity contribution < 1.29 is 14.4 Å². The highest BCUT2D eigenvalue weighted by molar-refractivity contribution is 9.10. The van der Waals surface area contributed by atoms with Gasteiger partial charge in [0.25, 0.3) is 0 Å². The number of benzene rings is 1. The van der Waals surface area contributed by atoms with Crippen LogP contribution in [0.1, 0.15) is 19.3 Å². The van der Waals surface area contributed by atoms with Gasteiger partial charge in [0.1, 0.15) is 0 Å². The van der Waals surface area contributed by atoms with Crippen LogP contribution in [0.5, 0.6) is 0 Å². The van der Waals surface area contributed by atoms with Crippen LogP contribution in [0.2, 0.25) is 5.02 Å². The number of imide groups is 1. The van der Waals surface area contributed by atoms with Crippen molar-refractivity contribution in [3.63, 3.8) is 0 Å². The van der Waals surface area contributed by atoms with Crippen molar-refractivity contribution in [2.45, 2.75) is 19.3 Å². The third-order valence-corrected chi connectivity index (χ3v) is 3.73. The summed E-state index contributed by atoms with van der Waals surface area (Å²) in [6, 6.07) is 5.11. The van der Waals surface area contributed by atoms with Crippen molar-refractivity contribution in [2.24, 2.45) is 0 Å². The Morgan fingerprint density at radius 2 is 1.95 bits per heavy atom. The van der Waals surface area contributed by atoms with Crippen LogP contribution < -0.4 is 5.32 Å². The summed E-state index contributed by atoms with van der Waals surface area (Å²) in [7, 11) is 0. The number of nitrogens with zero attached hydrogens (tertiary/aromatic N) is 1. The van der Waals surface area contributed by atoms with E-state index in [1.807, 2.05) is 0 Å². The van der Waals surface area contributed by atoms with Crippen LogP contribution >= 0.6 is 27.5 Å². The maximum Gasteiger partial charge on any atom is 0.229 e. The number of halogens is 2. The molecule has 0 radical (unpaired) electrons. The van der Waals surface area contributed by atoms with Crippen molar-refractivity contribution in [3.8, 4) is 0 Å². The van der Waals surface area contributed by atoms with Crippen molar-refractivity contribution in [2.75, 3.05) is 11.9 Å². The molecule has 1 N–H and O–H groups in total. The highest BCUT2D eigenvalue weighted by Gasteiger charge is 2.28. The van der Waals surface area contributed by atoms with Crippen LogP contribution in [0.3, 0.4) is 0 Å². The Hall–Kier alpha value is -1.40. The second kappa shape index (κ2) is 6.37. The van der Waals surface area contributed by atoms with Crippen molar-refractivity contribution in [1.29, 1.82) is 0 Å². The lowest BCUT2D eigenvalue weighted by molar-refractivity contribution is -0.138. The van der Waals surface area contributed by atoms with Gasteiger partial charge in [0.2, 0.25) is 17.7 Å². The number of carbonyl (C=O) groups excluding carboxylic acids is 3. The normalized spacial score (nSPS) is 14.8. The van der Waals surface area contributed by atoms with Crippen LogP contribution in [0.25, 0.3) is 0 Å². The van der Waals surface area contributed by atoms with E-state index in [9.17, 15) is 14.4 Å². The zero-order chi connectivity index (χ0) is 14.7. The van der Waals surface area contributed by atoms with E-state index in [2.05, 4.69) is 21.2 Å². The highest BCUT2D eigenvalue weighted by atomic mass is 79.9. The van der Waals surface area contributed by atoms with E-state index < -0.39 is 0 Å². The first-order valence-corrected chi connectivity index (χ1v) is 7.22. The molecular formula is C13H12BrClN2O3. The minimum absolute atomic E-state index is 0.0594. The maximum absolute atomic E-state index is 11.8. The average molecular weight is 360 g/mol. The van der Waals surface area contributed by atoms with E-state index in [-0.39, 0.29) is 43.5 Å². The van der Waals surface area contributed by atoms with Crippen LogP contribution in [0.4, 0.5) is 5.69 Å². The molecule has 3 amide bonds. The van der Waals surface area contributed by atoms with E-state index >= 15 is 0 Å². The molecule has 0 aliphatic carbocycles. The molecule has 1 fully saturated rings. The van der Waals surface area contributed by atoms with E-state index in [1.165, 1.54) is 0 Å². The first-order valence-electron chi connectivity index (χ1n) is 6.05. The third-order valence-electron chi connectivity index (χ3n) is 2.92. The van der Waals surface area contributed by atoms with Crippen molar-refractivity contribution >= 4 is 50.9 Å². The van der Waals surface area contributed by atoms with Gasteiger partial charge in [-0.15, -0.1) is 0 Å². The molecule has 0 spiro atoms. The predicted molar refractivity (Wildman–Crippen MR) is 78.4 cm³/mol. The summed E-state index contributed by atoms with van der Waals surface area (Å²) in [6.07, 6.45) is 0.530. The van der Waals surface area contributed by atoms with Gasteiger partial charge in [-0.3, -0.25) is 19.3 Å². The molecule has 0 bridgehead atoms. The van der Waals surface area contributed by atoms with Crippen LogP contribution in [0.15, 0.2) is 22.7 Å². The molecule has 1 heterocycles. The molecule has 1 saturated heterocycles. The van der Waals surface area contributed by atoms with E-state index in [0.717, 1.165) is 9.37 Å². The molecule has 5 nitrogen and oxygen atoms in total. The predicted octanol–water partition coefficient (Wildman–Crippen LogP) is 2.58. The van der Waals surface area contributed by atoms with Gasteiger partial charge in [-0.1, -0.05) is 27.5 Å². The second-order valence-corrected chi connectivity index (χ2v) is 5.68. The molecule has 20 heavy (non-hydrogen) atoms. The van der Waals surface area contributed by atoms with Gasteiger partial charge < -0.3 is 5.32 Å². The molecule has 2 rings (SSSR count). The Morgan fingerprint density at radius 3 is 2.55 bits per heavy atom. The van der Waals surface area contributed by atoms with Gasteiger partial charge in [0, 0.05) is 30.3 Å². The molecule has 0 atom stereocenters. The van der Waals surface area contributed by atoms with E-state index in [4.69, 9.17) is 11.6 Å². The van der Waals surface area contributed by atoms with E-state index in [1.54, 1.807) is 18.2 Å². The number of nitrogens with one attached hydrogen (secondary N) is 1. The molecule has 1 aromatic rings. The SMILES string of the molecule is O=C(CCN1C(=O)CCC1=O)Nc1ccc(Br)cc1Cl. The van der Waals surface area contributed by atoms with E-state index in [0.29, 0.717) is 10.7 Å². The number of carbonyl (C=O) groups is 3. The standard InChI is InChI=1S/C13H12BrClN2O3/c14-8-1-2-10(9(15)7-8)16-11(18)5-6-17-12(19)3-4-13(17)20/h1-2,7H,3-6H2,(H,16,18). The molecule has 1 aliphatic rings. The molecule has 0 unspecified atom stereocenters. The van der Waals surface area contributed by atoms with Crippen LogP contribution in [-0.2, 0) is 14.4 Å². The average Bonchev–Trinajstić information content (AvgIpc) is 2.70. The summed E-state index contributed by atoms with van der Waals surface area (Å²) in [5, 5.41) is 3.07. The summed E-state index contributed by atoms with van der Waals surface area (Å²) < 4.78 is 0.814.